The van der Waals surface area contributed by atoms with Gasteiger partial charge in [0, 0.05) is 74.5 Å². The van der Waals surface area contributed by atoms with E-state index in [-0.39, 0.29) is 25.0 Å². The number of amides is 1. The van der Waals surface area contributed by atoms with Crippen molar-refractivity contribution in [1.29, 1.82) is 0 Å². The number of ether oxygens (including phenoxy) is 1. The van der Waals surface area contributed by atoms with Gasteiger partial charge in [0.1, 0.15) is 11.4 Å². The van der Waals surface area contributed by atoms with Gasteiger partial charge in [-0.3, -0.25) is 14.6 Å². The second-order valence-electron chi connectivity index (χ2n) is 11.4. The van der Waals surface area contributed by atoms with Crippen molar-refractivity contribution in [2.75, 3.05) is 45.9 Å². The van der Waals surface area contributed by atoms with Gasteiger partial charge in [-0.15, -0.1) is 12.4 Å². The summed E-state index contributed by atoms with van der Waals surface area (Å²) in [6.07, 6.45) is -7.98. The molecule has 0 radical (unpaired) electrons. The number of halogens is 7. The van der Waals surface area contributed by atoms with Crippen LogP contribution in [0, 0.1) is 0 Å². The monoisotopic (exact) mass is 671 g/mol. The predicted octanol–water partition coefficient (Wildman–Crippen LogP) is 5.15. The lowest BCUT2D eigenvalue weighted by atomic mass is 9.98. The van der Waals surface area contributed by atoms with Crippen molar-refractivity contribution in [2.24, 2.45) is 0 Å². The Balaban J connectivity index is 0.00000417. The van der Waals surface area contributed by atoms with Crippen LogP contribution in [0.25, 0.3) is 10.9 Å². The van der Waals surface area contributed by atoms with E-state index in [1.807, 2.05) is 30.5 Å². The molecular weight excluding hydrogens is 640 g/mol. The van der Waals surface area contributed by atoms with Crippen LogP contribution in [-0.4, -0.2) is 93.0 Å². The maximum absolute atomic E-state index is 13.8. The molecule has 1 amide bonds. The van der Waals surface area contributed by atoms with Gasteiger partial charge >= 0.3 is 12.4 Å². The van der Waals surface area contributed by atoms with Crippen LogP contribution in [0.15, 0.2) is 48.7 Å². The number of nitrogens with one attached hydrogen (secondary N) is 2. The molecule has 2 aromatic heterocycles. The molecule has 2 aliphatic heterocycles. The largest absolute Gasteiger partial charge is 0.416 e. The minimum Gasteiger partial charge on any atom is -0.379 e. The van der Waals surface area contributed by atoms with Gasteiger partial charge in [-0.2, -0.15) is 41.8 Å². The zero-order valence-electron chi connectivity index (χ0n) is 24.5. The molecule has 2 fully saturated rings. The van der Waals surface area contributed by atoms with Gasteiger partial charge < -0.3 is 14.6 Å². The average Bonchev–Trinajstić information content (AvgIpc) is 3.63. The number of fused-ring (bicyclic) bond motifs is 1. The highest BCUT2D eigenvalue weighted by Gasteiger charge is 2.39. The molecule has 16 heteroatoms. The van der Waals surface area contributed by atoms with Gasteiger partial charge in [-0.1, -0.05) is 18.2 Å². The fourth-order valence-electron chi connectivity index (χ4n) is 6.01. The number of nitrogens with zero attached hydrogens (tertiary/aromatic N) is 5. The molecule has 2 saturated heterocycles. The van der Waals surface area contributed by atoms with E-state index in [1.165, 1.54) is 4.90 Å². The number of hydrogen-bond donors (Lipinski definition) is 2. The Kier molecular flexibility index (Phi) is 9.96. The fourth-order valence-corrected chi connectivity index (χ4v) is 6.01. The second-order valence-corrected chi connectivity index (χ2v) is 11.4. The van der Waals surface area contributed by atoms with Crippen LogP contribution in [-0.2, 0) is 36.6 Å². The van der Waals surface area contributed by atoms with Crippen LogP contribution in [0.4, 0.5) is 26.3 Å². The zero-order chi connectivity index (χ0) is 31.8. The Morgan fingerprint density at radius 3 is 2.15 bits per heavy atom. The number of rotatable bonds is 7. The molecule has 2 aliphatic rings. The minimum atomic E-state index is -5.06. The number of H-pyrrole nitrogens is 2. The van der Waals surface area contributed by atoms with Gasteiger partial charge in [-0.25, -0.2) is 0 Å². The molecule has 0 aliphatic carbocycles. The summed E-state index contributed by atoms with van der Waals surface area (Å²) in [5, 5.41) is 12.3. The third kappa shape index (κ3) is 7.48. The van der Waals surface area contributed by atoms with Gasteiger partial charge in [-0.05, 0) is 36.2 Å². The molecule has 2 aromatic carbocycles. The number of carbonyl (C=O) groups is 1. The van der Waals surface area contributed by atoms with Crippen LogP contribution in [0.2, 0.25) is 0 Å². The van der Waals surface area contributed by atoms with Gasteiger partial charge in [0.15, 0.2) is 0 Å². The van der Waals surface area contributed by atoms with Crippen LogP contribution < -0.4 is 0 Å². The van der Waals surface area contributed by atoms with Crippen molar-refractivity contribution >= 4 is 29.2 Å². The molecular formula is C30H32ClF6N7O2. The molecule has 248 valence electrons. The smallest absolute Gasteiger partial charge is 0.379 e. The summed E-state index contributed by atoms with van der Waals surface area (Å²) in [4.78, 5) is 22.7. The molecule has 4 heterocycles. The normalized spacial score (nSPS) is 18.6. The summed E-state index contributed by atoms with van der Waals surface area (Å²) in [6, 6.07) is 8.05. The maximum Gasteiger partial charge on any atom is 0.416 e. The van der Waals surface area contributed by atoms with Crippen molar-refractivity contribution in [1.82, 2.24) is 35.1 Å². The Labute approximate surface area is 266 Å². The Hall–Kier alpha value is -3.66. The number of alkyl halides is 6. The number of morpholine rings is 1. The van der Waals surface area contributed by atoms with Crippen molar-refractivity contribution in [3.8, 4) is 0 Å². The first-order chi connectivity index (χ1) is 21.5. The third-order valence-electron chi connectivity index (χ3n) is 8.35. The van der Waals surface area contributed by atoms with E-state index in [0.717, 1.165) is 40.9 Å². The summed E-state index contributed by atoms with van der Waals surface area (Å²) in [5.74, 6) is -0.884. The first-order valence-corrected chi connectivity index (χ1v) is 14.5. The first kappa shape index (κ1) is 33.7. The third-order valence-corrected chi connectivity index (χ3v) is 8.35. The lowest BCUT2D eigenvalue weighted by molar-refractivity contribution is -0.143. The quantitative estimate of drug-likeness (QED) is 0.264. The zero-order valence-corrected chi connectivity index (χ0v) is 25.3. The maximum atomic E-state index is 13.8. The predicted molar refractivity (Wildman–Crippen MR) is 158 cm³/mol. The highest BCUT2D eigenvalue weighted by molar-refractivity contribution is 5.95. The molecule has 6 rings (SSSR count). The lowest BCUT2D eigenvalue weighted by Crippen LogP contribution is -2.55. The summed E-state index contributed by atoms with van der Waals surface area (Å²) in [7, 11) is 0. The number of aromatic amines is 2. The molecule has 9 nitrogen and oxygen atoms in total. The standard InChI is InChI=1S/C30H31F6N7O2.ClH/c31-29(32,33)21-11-19(12-22(14-21)30(34,35)36)28(44)43-6-5-42(16-23(43)13-20-15-37-25-4-2-1-3-24(20)25)18-27-26(38-40-39-27)17-41-7-9-45-10-8-41;/h1-4,11-12,14-15,23,37H,5-10,13,16-18H2,(H,38,39,40);1H/t23-;/m1./s1. The molecule has 46 heavy (non-hydrogen) atoms. The Morgan fingerprint density at radius 2 is 1.50 bits per heavy atom. The molecule has 0 bridgehead atoms. The van der Waals surface area contributed by atoms with E-state index in [2.05, 4.69) is 30.2 Å². The molecule has 0 unspecified atom stereocenters. The number of piperazine rings is 1. The summed E-state index contributed by atoms with van der Waals surface area (Å²) in [6.45, 7) is 4.56. The molecule has 0 saturated carbocycles. The van der Waals surface area contributed by atoms with E-state index < -0.39 is 41.0 Å². The number of aromatic nitrogens is 4. The van der Waals surface area contributed by atoms with E-state index in [0.29, 0.717) is 57.9 Å². The van der Waals surface area contributed by atoms with Crippen molar-refractivity contribution in [2.45, 2.75) is 37.9 Å². The highest BCUT2D eigenvalue weighted by atomic mass is 35.5. The van der Waals surface area contributed by atoms with Crippen LogP contribution in [0.5, 0.6) is 0 Å². The SMILES string of the molecule is Cl.O=C(c1cc(C(F)(F)F)cc(C(F)(F)F)c1)N1CCN(Cc2n[nH]nc2CN2CCOCC2)C[C@H]1Cc1c[nH]c2ccccc12. The Bertz CT molecular complexity index is 1620. The average molecular weight is 672 g/mol. The number of hydrogen-bond acceptors (Lipinski definition) is 6. The van der Waals surface area contributed by atoms with Crippen molar-refractivity contribution in [3.05, 3.63) is 82.3 Å². The van der Waals surface area contributed by atoms with Gasteiger partial charge in [0.2, 0.25) is 0 Å². The van der Waals surface area contributed by atoms with Crippen LogP contribution >= 0.6 is 12.4 Å². The van der Waals surface area contributed by atoms with E-state index in [9.17, 15) is 31.1 Å². The summed E-state index contributed by atoms with van der Waals surface area (Å²) >= 11 is 0. The number of benzene rings is 2. The lowest BCUT2D eigenvalue weighted by Gasteiger charge is -2.41. The van der Waals surface area contributed by atoms with E-state index >= 15 is 0 Å². The van der Waals surface area contributed by atoms with Crippen molar-refractivity contribution in [3.63, 3.8) is 0 Å². The van der Waals surface area contributed by atoms with Gasteiger partial charge in [0.25, 0.3) is 5.91 Å². The summed E-state index contributed by atoms with van der Waals surface area (Å²) < 4.78 is 87.1. The number of carbonyl (C=O) groups excluding carboxylic acids is 1. The second kappa shape index (κ2) is 13.6. The van der Waals surface area contributed by atoms with Crippen LogP contribution in [0.3, 0.4) is 0 Å². The first-order valence-electron chi connectivity index (χ1n) is 14.5. The molecule has 0 spiro atoms. The molecule has 4 aromatic rings. The van der Waals surface area contributed by atoms with Gasteiger partial charge in [0.05, 0.1) is 24.3 Å². The molecule has 1 atom stereocenters. The number of para-hydroxylation sites is 1. The fraction of sp³-hybridized carbons (Fsp3) is 0.433. The topological polar surface area (TPSA) is 93.4 Å². The summed E-state index contributed by atoms with van der Waals surface area (Å²) in [5.41, 5.74) is -0.422. The molecule has 2 N–H and O–H groups in total. The van der Waals surface area contributed by atoms with Crippen molar-refractivity contribution < 1.29 is 35.9 Å². The Morgan fingerprint density at radius 1 is 0.870 bits per heavy atom. The van der Waals surface area contributed by atoms with E-state index in [4.69, 9.17) is 4.74 Å². The van der Waals surface area contributed by atoms with Crippen LogP contribution in [0.1, 0.15) is 38.4 Å². The highest BCUT2D eigenvalue weighted by Crippen LogP contribution is 2.37. The van der Waals surface area contributed by atoms with E-state index in [1.54, 1.807) is 0 Å². The minimum absolute atomic E-state index is 0.